The van der Waals surface area contributed by atoms with Gasteiger partial charge in [0.1, 0.15) is 0 Å². The van der Waals surface area contributed by atoms with Gasteiger partial charge in [-0.3, -0.25) is 4.79 Å². The highest BCUT2D eigenvalue weighted by Gasteiger charge is 2.09. The highest BCUT2D eigenvalue weighted by atomic mass is 35.5. The first-order chi connectivity index (χ1) is 12.7. The van der Waals surface area contributed by atoms with Crippen LogP contribution in [0.15, 0.2) is 24.3 Å². The SMILES string of the molecule is CC.CC.CCCCC(CCC)c1ccc(Cl)cc1.O=CN1CCCC1. The monoisotopic (exact) mass is 383 g/mol. The van der Waals surface area contributed by atoms with Gasteiger partial charge in [0, 0.05) is 18.1 Å². The van der Waals surface area contributed by atoms with E-state index in [1.54, 1.807) is 4.90 Å². The predicted molar refractivity (Wildman–Crippen MR) is 118 cm³/mol. The maximum Gasteiger partial charge on any atom is 0.209 e. The molecule has 0 aromatic heterocycles. The zero-order valence-corrected chi connectivity index (χ0v) is 18.8. The molecule has 2 nitrogen and oxygen atoms in total. The summed E-state index contributed by atoms with van der Waals surface area (Å²) in [5.41, 5.74) is 1.45. The third kappa shape index (κ3) is 13.2. The van der Waals surface area contributed by atoms with E-state index in [0.717, 1.165) is 30.4 Å². The van der Waals surface area contributed by atoms with Crippen LogP contribution >= 0.6 is 11.6 Å². The topological polar surface area (TPSA) is 20.3 Å². The minimum atomic E-state index is 0.729. The normalized spacial score (nSPS) is 13.3. The molecule has 2 rings (SSSR count). The van der Waals surface area contributed by atoms with E-state index < -0.39 is 0 Å². The van der Waals surface area contributed by atoms with Crippen molar-refractivity contribution in [1.29, 1.82) is 0 Å². The summed E-state index contributed by atoms with van der Waals surface area (Å²) >= 11 is 5.90. The molecule has 0 N–H and O–H groups in total. The summed E-state index contributed by atoms with van der Waals surface area (Å²) in [5, 5.41) is 0.837. The van der Waals surface area contributed by atoms with E-state index in [-0.39, 0.29) is 0 Å². The van der Waals surface area contributed by atoms with Crippen LogP contribution < -0.4 is 0 Å². The van der Waals surface area contributed by atoms with Crippen molar-refractivity contribution in [2.75, 3.05) is 13.1 Å². The lowest BCUT2D eigenvalue weighted by Crippen LogP contribution is -2.15. The number of nitrogens with zero attached hydrogens (tertiary/aromatic N) is 1. The molecule has 1 aromatic rings. The van der Waals surface area contributed by atoms with Crippen molar-refractivity contribution in [2.24, 2.45) is 0 Å². The Morgan fingerprint density at radius 2 is 1.50 bits per heavy atom. The Labute approximate surface area is 168 Å². The highest BCUT2D eigenvalue weighted by Crippen LogP contribution is 2.27. The van der Waals surface area contributed by atoms with Gasteiger partial charge in [-0.15, -0.1) is 0 Å². The summed E-state index contributed by atoms with van der Waals surface area (Å²) < 4.78 is 0. The molecule has 1 aromatic carbocycles. The summed E-state index contributed by atoms with van der Waals surface area (Å²) in [5.74, 6) is 0.729. The molecule has 1 aliphatic heterocycles. The van der Waals surface area contributed by atoms with E-state index in [0.29, 0.717) is 0 Å². The van der Waals surface area contributed by atoms with Crippen LogP contribution in [0.25, 0.3) is 0 Å². The standard InChI is InChI=1S/C14H21Cl.C5H9NO.2C2H6/c1-3-5-7-12(6-4-2)13-8-10-14(15)11-9-13;7-5-6-3-1-2-4-6;2*1-2/h8-12H,3-7H2,1-2H3;5H,1-4H2;2*1-2H3. The number of likely N-dealkylation sites (tertiary alicyclic amines) is 1. The minimum absolute atomic E-state index is 0.729. The van der Waals surface area contributed by atoms with Crippen molar-refractivity contribution in [1.82, 2.24) is 4.90 Å². The van der Waals surface area contributed by atoms with E-state index in [2.05, 4.69) is 26.0 Å². The number of rotatable bonds is 7. The molecule has 1 amide bonds. The van der Waals surface area contributed by atoms with Gasteiger partial charge in [-0.1, -0.05) is 84.5 Å². The van der Waals surface area contributed by atoms with Gasteiger partial charge in [0.15, 0.2) is 0 Å². The molecule has 0 aliphatic carbocycles. The van der Waals surface area contributed by atoms with Crippen LogP contribution in [0.1, 0.15) is 98.0 Å². The molecule has 0 bridgehead atoms. The first-order valence-corrected chi connectivity index (χ1v) is 11.0. The molecule has 1 heterocycles. The Morgan fingerprint density at radius 3 is 1.88 bits per heavy atom. The fourth-order valence-corrected chi connectivity index (χ4v) is 2.98. The van der Waals surface area contributed by atoms with Crippen LogP contribution in [-0.4, -0.2) is 24.4 Å². The summed E-state index contributed by atoms with van der Waals surface area (Å²) in [6, 6.07) is 8.37. The van der Waals surface area contributed by atoms with Gasteiger partial charge in [0.25, 0.3) is 0 Å². The maximum absolute atomic E-state index is 9.93. The molecule has 1 unspecified atom stereocenters. The van der Waals surface area contributed by atoms with E-state index in [4.69, 9.17) is 11.6 Å². The molecular formula is C23H42ClNO. The first-order valence-electron chi connectivity index (χ1n) is 10.7. The number of carbonyl (C=O) groups excluding carboxylic acids is 1. The largest absolute Gasteiger partial charge is 0.345 e. The van der Waals surface area contributed by atoms with Crippen molar-refractivity contribution in [3.8, 4) is 0 Å². The van der Waals surface area contributed by atoms with E-state index in [9.17, 15) is 4.79 Å². The van der Waals surface area contributed by atoms with Gasteiger partial charge in [-0.05, 0) is 49.3 Å². The molecular weight excluding hydrogens is 342 g/mol. The molecule has 0 saturated carbocycles. The zero-order chi connectivity index (χ0) is 20.2. The molecule has 0 radical (unpaired) electrons. The Kier molecular flexibility index (Phi) is 21.2. The number of carbonyl (C=O) groups is 1. The molecule has 0 spiro atoms. The van der Waals surface area contributed by atoms with E-state index in [1.165, 1.54) is 50.5 Å². The molecule has 152 valence electrons. The van der Waals surface area contributed by atoms with Crippen LogP contribution in [0, 0.1) is 0 Å². The quantitative estimate of drug-likeness (QED) is 0.441. The van der Waals surface area contributed by atoms with Crippen LogP contribution in [-0.2, 0) is 4.79 Å². The molecule has 1 fully saturated rings. The summed E-state index contributed by atoms with van der Waals surface area (Å²) in [4.78, 5) is 11.7. The van der Waals surface area contributed by atoms with Crippen molar-refractivity contribution in [3.63, 3.8) is 0 Å². The predicted octanol–water partition coefficient (Wildman–Crippen LogP) is 7.70. The van der Waals surface area contributed by atoms with Gasteiger partial charge in [0.05, 0.1) is 0 Å². The Balaban J connectivity index is 0. The molecule has 1 aliphatic rings. The molecule has 3 heteroatoms. The summed E-state index contributed by atoms with van der Waals surface area (Å²) in [6.07, 6.45) is 9.79. The van der Waals surface area contributed by atoms with Crippen LogP contribution in [0.4, 0.5) is 0 Å². The van der Waals surface area contributed by atoms with Gasteiger partial charge < -0.3 is 4.90 Å². The van der Waals surface area contributed by atoms with Gasteiger partial charge in [-0.2, -0.15) is 0 Å². The van der Waals surface area contributed by atoms with Gasteiger partial charge >= 0.3 is 0 Å². The fourth-order valence-electron chi connectivity index (χ4n) is 2.86. The number of hydrogen-bond donors (Lipinski definition) is 0. The van der Waals surface area contributed by atoms with Crippen LogP contribution in [0.2, 0.25) is 5.02 Å². The van der Waals surface area contributed by atoms with Crippen molar-refractivity contribution in [2.45, 2.75) is 92.4 Å². The minimum Gasteiger partial charge on any atom is -0.345 e. The van der Waals surface area contributed by atoms with Gasteiger partial charge in [-0.25, -0.2) is 0 Å². The average molecular weight is 384 g/mol. The Hall–Kier alpha value is -1.02. The van der Waals surface area contributed by atoms with Crippen molar-refractivity contribution < 1.29 is 4.79 Å². The number of amides is 1. The third-order valence-electron chi connectivity index (χ3n) is 4.17. The third-order valence-corrected chi connectivity index (χ3v) is 4.43. The first kappa shape index (κ1) is 27.2. The summed E-state index contributed by atoms with van der Waals surface area (Å²) in [6.45, 7) is 14.5. The molecule has 1 atom stereocenters. The second-order valence-corrected chi connectivity index (χ2v) is 6.46. The van der Waals surface area contributed by atoms with Crippen LogP contribution in [0.5, 0.6) is 0 Å². The fraction of sp³-hybridized carbons (Fsp3) is 0.696. The zero-order valence-electron chi connectivity index (χ0n) is 18.1. The van der Waals surface area contributed by atoms with Gasteiger partial charge in [0.2, 0.25) is 6.41 Å². The van der Waals surface area contributed by atoms with E-state index >= 15 is 0 Å². The lowest BCUT2D eigenvalue weighted by atomic mass is 9.90. The second kappa shape index (κ2) is 20.3. The summed E-state index contributed by atoms with van der Waals surface area (Å²) in [7, 11) is 0. The second-order valence-electron chi connectivity index (χ2n) is 6.03. The Morgan fingerprint density at radius 1 is 0.962 bits per heavy atom. The Bertz CT molecular complexity index is 399. The maximum atomic E-state index is 9.93. The van der Waals surface area contributed by atoms with E-state index in [1.807, 2.05) is 39.8 Å². The number of unbranched alkanes of at least 4 members (excludes halogenated alkanes) is 1. The highest BCUT2D eigenvalue weighted by molar-refractivity contribution is 6.30. The molecule has 26 heavy (non-hydrogen) atoms. The average Bonchev–Trinajstić information content (AvgIpc) is 3.23. The number of benzene rings is 1. The van der Waals surface area contributed by atoms with Crippen LogP contribution in [0.3, 0.4) is 0 Å². The lowest BCUT2D eigenvalue weighted by Gasteiger charge is -2.16. The smallest absolute Gasteiger partial charge is 0.209 e. The van der Waals surface area contributed by atoms with Crippen molar-refractivity contribution >= 4 is 18.0 Å². The van der Waals surface area contributed by atoms with Crippen molar-refractivity contribution in [3.05, 3.63) is 34.9 Å². The lowest BCUT2D eigenvalue weighted by molar-refractivity contribution is -0.117. The molecule has 1 saturated heterocycles. The number of hydrogen-bond acceptors (Lipinski definition) is 1. The number of halogens is 1.